The number of benzene rings is 5. The summed E-state index contributed by atoms with van der Waals surface area (Å²) in [6.45, 7) is 5.15. The first-order chi connectivity index (χ1) is 47.2. The van der Waals surface area contributed by atoms with Crippen molar-refractivity contribution in [3.63, 3.8) is 0 Å². The van der Waals surface area contributed by atoms with Crippen LogP contribution in [0.1, 0.15) is 93.5 Å². The number of guanidine groups is 1. The number of aliphatic imine (C=N–C) groups is 1. The molecular weight excluding hydrogens is 1260 g/mol. The van der Waals surface area contributed by atoms with Crippen molar-refractivity contribution in [2.75, 3.05) is 26.2 Å². The number of aromatic amines is 1. The fourth-order valence-electron chi connectivity index (χ4n) is 11.3. The van der Waals surface area contributed by atoms with Crippen LogP contribution >= 0.6 is 0 Å². The van der Waals surface area contributed by atoms with E-state index in [-0.39, 0.29) is 101 Å². The molecule has 2 heterocycles. The topological polar surface area (TPSA) is 412 Å². The third kappa shape index (κ3) is 23.5. The monoisotopic (exact) mass is 1350 g/mol. The normalized spacial score (nSPS) is 14.7. The van der Waals surface area contributed by atoms with Crippen LogP contribution in [0.3, 0.4) is 0 Å². The van der Waals surface area contributed by atoms with Crippen LogP contribution in [-0.4, -0.2) is 160 Å². The first-order valence-corrected chi connectivity index (χ1v) is 32.9. The summed E-state index contributed by atoms with van der Waals surface area (Å²) in [5.74, 6) is -7.19. The lowest BCUT2D eigenvalue weighted by Gasteiger charge is -2.30. The van der Waals surface area contributed by atoms with Gasteiger partial charge in [0.05, 0.1) is 6.61 Å². The molecule has 1 aliphatic heterocycles. The second kappa shape index (κ2) is 38.1. The van der Waals surface area contributed by atoms with E-state index in [0.29, 0.717) is 52.5 Å². The molecule has 16 N–H and O–H groups in total. The molecule has 1 saturated heterocycles. The molecule has 27 nitrogen and oxygen atoms in total. The highest BCUT2D eigenvalue weighted by atomic mass is 16.5. The van der Waals surface area contributed by atoms with Crippen LogP contribution in [0, 0.1) is 5.92 Å². The Labute approximate surface area is 568 Å². The second-order valence-corrected chi connectivity index (χ2v) is 24.4. The van der Waals surface area contributed by atoms with Gasteiger partial charge in [-0.2, -0.15) is 0 Å². The van der Waals surface area contributed by atoms with Crippen LogP contribution < -0.4 is 59.3 Å². The number of rotatable bonds is 36. The number of hydrogen-bond donors (Lipinski definition) is 14. The Morgan fingerprint density at radius 2 is 1.11 bits per heavy atom. The summed E-state index contributed by atoms with van der Waals surface area (Å²) < 4.78 is 5.46. The van der Waals surface area contributed by atoms with E-state index in [9.17, 15) is 58.2 Å². The number of alkyl carbamates (subject to hydrolysis) is 1. The number of nitrogens with two attached hydrogens (primary N) is 2. The maximum Gasteiger partial charge on any atom is 0.408 e. The molecule has 6 aromatic rings. The standard InChI is InChI=1S/C71H90N14O13/c1-4-74-68(95)60-27-17-35-85(60)69(96)54(26-16-34-75-70(72)73)78-63(90)55(36-44(2)3)79-64(91)56(37-45-18-8-5-9-19-45)80-65(92)57(38-46-28-30-50(87)31-29-46)81-67(94)59(42-86)83-66(93)58(39-49-41-76-52-25-15-14-24-51(49)52)82-62(89)53(84-71(97)98-43-48-22-12-7-13-23-48)32-33-61(88)77-40-47-20-10-6-11-21-47/h5-15,18-25,28-31,41,44,53-60,76,86-87H,4,16-17,26-27,32-40,42-43H2,1-3H3,(H,74,95)(H,77,88)(H,78,90)(H,79,91)(H,80,92)(H,81,94)(H,82,89)(H,83,93)(H,84,97)(H4,72,73,75)/t53-,54-,55-,56+,57-,58-,59-,60-/m0/s1. The summed E-state index contributed by atoms with van der Waals surface area (Å²) in [5.41, 5.74) is 14.9. The van der Waals surface area contributed by atoms with Crippen molar-refractivity contribution in [3.05, 3.63) is 174 Å². The van der Waals surface area contributed by atoms with Gasteiger partial charge in [0, 0.05) is 69.0 Å². The first-order valence-electron chi connectivity index (χ1n) is 32.9. The number of aliphatic hydroxyl groups excluding tert-OH is 1. The molecule has 0 spiro atoms. The number of fused-ring (bicyclic) bond motifs is 1. The summed E-state index contributed by atoms with van der Waals surface area (Å²) in [7, 11) is 0. The van der Waals surface area contributed by atoms with Gasteiger partial charge >= 0.3 is 6.09 Å². The molecule has 0 radical (unpaired) electrons. The first kappa shape index (κ1) is 74.6. The van der Waals surface area contributed by atoms with Gasteiger partial charge < -0.3 is 84.2 Å². The van der Waals surface area contributed by atoms with Crippen molar-refractivity contribution >= 4 is 76.1 Å². The average molecular weight is 1350 g/mol. The van der Waals surface area contributed by atoms with Gasteiger partial charge in [0.2, 0.25) is 53.2 Å². The fraction of sp³-hybridized carbons (Fsp3) is 0.394. The lowest BCUT2D eigenvalue weighted by atomic mass is 9.99. The van der Waals surface area contributed by atoms with E-state index in [2.05, 4.69) is 57.8 Å². The Morgan fingerprint density at radius 1 is 0.592 bits per heavy atom. The number of aliphatic hydroxyl groups is 1. The maximum absolute atomic E-state index is 15.0. The quantitative estimate of drug-likeness (QED) is 0.0153. The number of carbonyl (C=O) groups excluding carboxylic acids is 10. The van der Waals surface area contributed by atoms with E-state index >= 15 is 0 Å². The minimum absolute atomic E-state index is 0.0681. The average Bonchev–Trinajstić information content (AvgIpc) is 1.62. The smallest absolute Gasteiger partial charge is 0.408 e. The highest BCUT2D eigenvalue weighted by molar-refractivity contribution is 5.99. The highest BCUT2D eigenvalue weighted by Crippen LogP contribution is 2.23. The summed E-state index contributed by atoms with van der Waals surface area (Å²) in [4.78, 5) is 151. The number of nitrogens with zero attached hydrogens (tertiary/aromatic N) is 2. The zero-order valence-corrected chi connectivity index (χ0v) is 55.3. The largest absolute Gasteiger partial charge is 0.508 e. The van der Waals surface area contributed by atoms with E-state index in [1.807, 2.05) is 44.2 Å². The molecular formula is C71H90N14O13. The molecule has 1 fully saturated rings. The number of H-pyrrole nitrogens is 1. The Morgan fingerprint density at radius 3 is 1.71 bits per heavy atom. The number of likely N-dealkylation sites (tertiary alicyclic amines) is 1. The number of nitrogens with one attached hydrogen (secondary N) is 10. The van der Waals surface area contributed by atoms with Crippen molar-refractivity contribution < 1.29 is 62.9 Å². The third-order valence-electron chi connectivity index (χ3n) is 16.4. The Kier molecular flexibility index (Phi) is 29.0. The predicted octanol–water partition coefficient (Wildman–Crippen LogP) is 2.42. The molecule has 0 unspecified atom stereocenters. The number of para-hydroxylation sites is 1. The maximum atomic E-state index is 15.0. The van der Waals surface area contributed by atoms with E-state index in [1.54, 1.807) is 98.0 Å². The van der Waals surface area contributed by atoms with Gasteiger partial charge in [-0.25, -0.2) is 4.79 Å². The summed E-state index contributed by atoms with van der Waals surface area (Å²) in [6, 6.07) is 28.4. The minimum atomic E-state index is -1.80. The number of likely N-dealkylation sites (N-methyl/N-ethyl adjacent to an activating group) is 1. The van der Waals surface area contributed by atoms with Gasteiger partial charge in [0.15, 0.2) is 5.96 Å². The lowest BCUT2D eigenvalue weighted by Crippen LogP contribution is -2.61. The molecule has 98 heavy (non-hydrogen) atoms. The summed E-state index contributed by atoms with van der Waals surface area (Å²) in [5, 5.41) is 46.3. The van der Waals surface area contributed by atoms with E-state index in [1.165, 1.54) is 29.2 Å². The Bertz CT molecular complexity index is 3670. The third-order valence-corrected chi connectivity index (χ3v) is 16.4. The Balaban J connectivity index is 1.13. The molecule has 1 aromatic heterocycles. The summed E-state index contributed by atoms with van der Waals surface area (Å²) >= 11 is 0. The van der Waals surface area contributed by atoms with Crippen LogP contribution in [0.4, 0.5) is 4.79 Å². The van der Waals surface area contributed by atoms with Crippen molar-refractivity contribution in [3.8, 4) is 5.75 Å². The fourth-order valence-corrected chi connectivity index (χ4v) is 11.3. The number of hydrogen-bond acceptors (Lipinski definition) is 14. The Hall–Kier alpha value is -10.8. The van der Waals surface area contributed by atoms with Crippen LogP contribution in [0.15, 0.2) is 151 Å². The predicted molar refractivity (Wildman–Crippen MR) is 366 cm³/mol. The molecule has 0 aliphatic carbocycles. The SMILES string of the molecule is CCNC(=O)[C@@H]1CCCN1C(=O)[C@H](CCCN=C(N)N)NC(=O)[C@H](CC(C)C)NC(=O)[C@@H](Cc1ccccc1)NC(=O)[C@H](Cc1ccc(O)cc1)NC(=O)[C@H](CO)NC(=O)[C@H](Cc1c[nH]c2ccccc12)NC(=O)[C@H](CCC(=O)NCc1ccccc1)NC(=O)OCc1ccccc1. The molecule has 8 atom stereocenters. The lowest BCUT2D eigenvalue weighted by molar-refractivity contribution is -0.142. The van der Waals surface area contributed by atoms with Gasteiger partial charge in [0.25, 0.3) is 0 Å². The van der Waals surface area contributed by atoms with Gasteiger partial charge in [-0.3, -0.25) is 48.1 Å². The molecule has 7 rings (SSSR count). The molecule has 27 heteroatoms. The number of amides is 10. The zero-order chi connectivity index (χ0) is 70.5. The zero-order valence-electron chi connectivity index (χ0n) is 55.3. The van der Waals surface area contributed by atoms with Crippen LogP contribution in [0.5, 0.6) is 5.75 Å². The van der Waals surface area contributed by atoms with Crippen molar-refractivity contribution in [1.29, 1.82) is 0 Å². The number of phenolic OH excluding ortho intramolecular Hbond substituents is 1. The number of aromatic nitrogens is 1. The van der Waals surface area contributed by atoms with E-state index in [4.69, 9.17) is 16.2 Å². The molecule has 10 amide bonds. The number of phenols is 1. The van der Waals surface area contributed by atoms with Crippen molar-refractivity contribution in [1.82, 2.24) is 57.7 Å². The van der Waals surface area contributed by atoms with Crippen LogP contribution in [-0.2, 0) is 80.3 Å². The van der Waals surface area contributed by atoms with Crippen LogP contribution in [0.2, 0.25) is 0 Å². The molecule has 522 valence electrons. The number of carbonyl (C=O) groups is 10. The molecule has 0 saturated carbocycles. The second-order valence-electron chi connectivity index (χ2n) is 24.4. The van der Waals surface area contributed by atoms with Gasteiger partial charge in [-0.1, -0.05) is 135 Å². The van der Waals surface area contributed by atoms with Gasteiger partial charge in [-0.05, 0) is 97.4 Å². The van der Waals surface area contributed by atoms with E-state index < -0.39 is 108 Å². The molecule has 0 bridgehead atoms. The van der Waals surface area contributed by atoms with Crippen LogP contribution in [0.25, 0.3) is 10.9 Å². The summed E-state index contributed by atoms with van der Waals surface area (Å²) in [6.07, 6.45) is 0.877. The van der Waals surface area contributed by atoms with Gasteiger partial charge in [0.1, 0.15) is 60.7 Å². The number of aromatic hydroxyl groups is 1. The highest BCUT2D eigenvalue weighted by Gasteiger charge is 2.40. The molecule has 5 aromatic carbocycles. The van der Waals surface area contributed by atoms with Gasteiger partial charge in [-0.15, -0.1) is 0 Å². The van der Waals surface area contributed by atoms with Crippen molar-refractivity contribution in [2.24, 2.45) is 22.4 Å². The molecule has 1 aliphatic rings. The number of ether oxygens (including phenoxy) is 1. The van der Waals surface area contributed by atoms with Crippen molar-refractivity contribution in [2.45, 2.75) is 146 Å². The van der Waals surface area contributed by atoms with E-state index in [0.717, 1.165) is 5.56 Å². The minimum Gasteiger partial charge on any atom is -0.508 e.